The van der Waals surface area contributed by atoms with Crippen LogP contribution < -0.4 is 5.32 Å². The number of carbonyl (C=O) groups excluding carboxylic acids is 2. The number of likely N-dealkylation sites (tertiary alicyclic amines) is 1. The molecule has 2 amide bonds. The third-order valence-corrected chi connectivity index (χ3v) is 5.03. The SMILES string of the molecule is C=C=C(Br)O/C(=N\C)[C@H]1CC[C@H](NC(=O)OCc2ccccc2)CN1C(=O)OC(C)(C)C. The zero-order chi connectivity index (χ0) is 23.7. The minimum absolute atomic E-state index is 0.167. The Labute approximate surface area is 197 Å². The van der Waals surface area contributed by atoms with E-state index in [1.54, 1.807) is 27.8 Å². The molecule has 1 aromatic carbocycles. The maximum Gasteiger partial charge on any atom is 0.411 e. The minimum Gasteiger partial charge on any atom is -0.445 e. The van der Waals surface area contributed by atoms with Crippen LogP contribution in [-0.2, 0) is 20.8 Å². The summed E-state index contributed by atoms with van der Waals surface area (Å²) in [6, 6.07) is 8.65. The van der Waals surface area contributed by atoms with Crippen molar-refractivity contribution in [2.45, 2.75) is 57.9 Å². The van der Waals surface area contributed by atoms with Crippen LogP contribution >= 0.6 is 15.9 Å². The summed E-state index contributed by atoms with van der Waals surface area (Å²) in [6.07, 6.45) is 0.0457. The van der Waals surface area contributed by atoms with Gasteiger partial charge in [0.05, 0.1) is 6.04 Å². The van der Waals surface area contributed by atoms with Gasteiger partial charge in [0, 0.05) is 29.5 Å². The maximum absolute atomic E-state index is 12.9. The van der Waals surface area contributed by atoms with Crippen molar-refractivity contribution in [1.29, 1.82) is 0 Å². The summed E-state index contributed by atoms with van der Waals surface area (Å²) >= 11 is 3.20. The number of amides is 2. The number of hydrogen-bond acceptors (Lipinski definition) is 6. The molecule has 0 aliphatic carbocycles. The number of benzene rings is 1. The van der Waals surface area contributed by atoms with Gasteiger partial charge in [-0.2, -0.15) is 0 Å². The monoisotopic (exact) mass is 507 g/mol. The summed E-state index contributed by atoms with van der Waals surface area (Å²) in [5.74, 6) is 0.323. The predicted octanol–water partition coefficient (Wildman–Crippen LogP) is 4.75. The molecule has 9 heteroatoms. The molecular formula is C23H30BrN3O5. The van der Waals surface area contributed by atoms with Gasteiger partial charge in [0.2, 0.25) is 10.6 Å². The molecule has 2 rings (SSSR count). The summed E-state index contributed by atoms with van der Waals surface area (Å²) in [4.78, 5) is 31.0. The van der Waals surface area contributed by atoms with Crippen molar-refractivity contribution in [2.24, 2.45) is 4.99 Å². The van der Waals surface area contributed by atoms with Crippen LogP contribution in [0.5, 0.6) is 0 Å². The second-order valence-electron chi connectivity index (χ2n) is 8.24. The first-order chi connectivity index (χ1) is 15.1. The Morgan fingerprint density at radius 2 is 1.97 bits per heavy atom. The van der Waals surface area contributed by atoms with E-state index in [1.165, 1.54) is 4.90 Å². The average molecular weight is 508 g/mol. The van der Waals surface area contributed by atoms with Gasteiger partial charge in [0.25, 0.3) is 0 Å². The lowest BCUT2D eigenvalue weighted by atomic mass is 9.98. The van der Waals surface area contributed by atoms with E-state index >= 15 is 0 Å². The number of piperidine rings is 1. The molecule has 0 radical (unpaired) electrons. The topological polar surface area (TPSA) is 89.5 Å². The Bertz CT molecular complexity index is 875. The Balaban J connectivity index is 2.08. The molecule has 0 spiro atoms. The summed E-state index contributed by atoms with van der Waals surface area (Å²) in [5.41, 5.74) is 2.80. The highest BCUT2D eigenvalue weighted by Crippen LogP contribution is 2.24. The molecule has 1 aliphatic heterocycles. The molecule has 1 aliphatic rings. The second-order valence-corrected chi connectivity index (χ2v) is 8.96. The highest BCUT2D eigenvalue weighted by Gasteiger charge is 2.38. The van der Waals surface area contributed by atoms with Gasteiger partial charge in [-0.3, -0.25) is 9.89 Å². The standard InChI is InChI=1S/C23H30BrN3O5/c1-6-19(24)31-20(25-5)18-13-12-17(14-27(18)22(29)32-23(2,3)4)26-21(28)30-15-16-10-8-7-9-11-16/h7-11,17-18H,1,12-15H2,2-5H3,(H,26,28)/b25-20-/t17-,18+/m0/s1. The fourth-order valence-electron chi connectivity index (χ4n) is 3.19. The highest BCUT2D eigenvalue weighted by molar-refractivity contribution is 9.11. The minimum atomic E-state index is -0.678. The lowest BCUT2D eigenvalue weighted by Gasteiger charge is -2.39. The number of nitrogens with zero attached hydrogens (tertiary/aromatic N) is 2. The van der Waals surface area contributed by atoms with Crippen molar-refractivity contribution in [3.63, 3.8) is 0 Å². The lowest BCUT2D eigenvalue weighted by molar-refractivity contribution is 0.0113. The molecule has 174 valence electrons. The van der Waals surface area contributed by atoms with Crippen molar-refractivity contribution in [3.05, 3.63) is 52.9 Å². The number of hydrogen-bond donors (Lipinski definition) is 1. The molecule has 0 saturated carbocycles. The zero-order valence-corrected chi connectivity index (χ0v) is 20.5. The quantitative estimate of drug-likeness (QED) is 0.269. The van der Waals surface area contributed by atoms with E-state index in [9.17, 15) is 9.59 Å². The van der Waals surface area contributed by atoms with Crippen molar-refractivity contribution >= 4 is 34.0 Å². The van der Waals surface area contributed by atoms with Crippen LogP contribution in [0.25, 0.3) is 0 Å². The number of aliphatic imine (C=N–C) groups is 1. The molecule has 1 saturated heterocycles. The number of halogens is 1. The summed E-state index contributed by atoms with van der Waals surface area (Å²) in [6.45, 7) is 9.29. The largest absolute Gasteiger partial charge is 0.445 e. The van der Waals surface area contributed by atoms with Gasteiger partial charge in [-0.15, -0.1) is 0 Å². The maximum atomic E-state index is 12.9. The molecule has 0 aromatic heterocycles. The first kappa shape index (κ1) is 25.5. The van der Waals surface area contributed by atoms with Crippen LogP contribution in [0.15, 0.2) is 52.3 Å². The first-order valence-corrected chi connectivity index (χ1v) is 11.1. The number of rotatable bonds is 5. The molecule has 0 unspecified atom stereocenters. The van der Waals surface area contributed by atoms with Crippen molar-refractivity contribution in [1.82, 2.24) is 10.2 Å². The number of carbonyl (C=O) groups is 2. The van der Waals surface area contributed by atoms with E-state index in [-0.39, 0.29) is 23.9 Å². The third kappa shape index (κ3) is 8.05. The zero-order valence-electron chi connectivity index (χ0n) is 18.9. The van der Waals surface area contributed by atoms with E-state index in [0.29, 0.717) is 18.7 Å². The van der Waals surface area contributed by atoms with Crippen LogP contribution in [0.2, 0.25) is 0 Å². The molecule has 32 heavy (non-hydrogen) atoms. The van der Waals surface area contributed by atoms with Crippen LogP contribution in [-0.4, -0.2) is 54.3 Å². The number of nitrogens with one attached hydrogen (secondary N) is 1. The summed E-state index contributed by atoms with van der Waals surface area (Å²) in [7, 11) is 1.58. The van der Waals surface area contributed by atoms with E-state index in [0.717, 1.165) is 5.56 Å². The van der Waals surface area contributed by atoms with Crippen LogP contribution in [0.4, 0.5) is 9.59 Å². The average Bonchev–Trinajstić information content (AvgIpc) is 2.75. The Morgan fingerprint density at radius 3 is 2.56 bits per heavy atom. The summed E-state index contributed by atoms with van der Waals surface area (Å²) < 4.78 is 16.8. The van der Waals surface area contributed by atoms with E-state index < -0.39 is 23.8 Å². The second kappa shape index (κ2) is 11.7. The molecule has 8 nitrogen and oxygen atoms in total. The summed E-state index contributed by atoms with van der Waals surface area (Å²) in [5, 5.41) is 2.84. The van der Waals surface area contributed by atoms with Crippen LogP contribution in [0.1, 0.15) is 39.2 Å². The Morgan fingerprint density at radius 1 is 1.28 bits per heavy atom. The molecule has 1 heterocycles. The molecule has 1 aromatic rings. The third-order valence-electron chi connectivity index (χ3n) is 4.58. The van der Waals surface area contributed by atoms with Gasteiger partial charge in [-0.05, 0) is 39.2 Å². The first-order valence-electron chi connectivity index (χ1n) is 10.3. The van der Waals surface area contributed by atoms with Gasteiger partial charge in [-0.1, -0.05) is 42.6 Å². The number of alkyl carbamates (subject to hydrolysis) is 1. The van der Waals surface area contributed by atoms with Crippen molar-refractivity contribution in [2.75, 3.05) is 13.6 Å². The van der Waals surface area contributed by atoms with Gasteiger partial charge in [0.15, 0.2) is 0 Å². The van der Waals surface area contributed by atoms with Gasteiger partial charge in [-0.25, -0.2) is 9.59 Å². The molecule has 2 atom stereocenters. The fourth-order valence-corrected chi connectivity index (χ4v) is 3.36. The van der Waals surface area contributed by atoms with Gasteiger partial charge in [0.1, 0.15) is 18.2 Å². The lowest BCUT2D eigenvalue weighted by Crippen LogP contribution is -2.57. The van der Waals surface area contributed by atoms with Gasteiger partial charge < -0.3 is 19.5 Å². The normalized spacial score (nSPS) is 18.9. The Hall–Kier alpha value is -2.77. The van der Waals surface area contributed by atoms with Crippen LogP contribution in [0, 0.1) is 0 Å². The molecule has 1 fully saturated rings. The fraction of sp³-hybridized carbons (Fsp3) is 0.478. The molecular weight excluding hydrogens is 478 g/mol. The highest BCUT2D eigenvalue weighted by atomic mass is 79.9. The van der Waals surface area contributed by atoms with E-state index in [1.807, 2.05) is 30.3 Å². The van der Waals surface area contributed by atoms with Crippen molar-refractivity contribution in [3.8, 4) is 0 Å². The van der Waals surface area contributed by atoms with E-state index in [2.05, 4.69) is 38.5 Å². The van der Waals surface area contributed by atoms with Crippen LogP contribution in [0.3, 0.4) is 0 Å². The molecule has 0 bridgehead atoms. The van der Waals surface area contributed by atoms with Gasteiger partial charge >= 0.3 is 12.2 Å². The smallest absolute Gasteiger partial charge is 0.411 e. The van der Waals surface area contributed by atoms with E-state index in [4.69, 9.17) is 14.2 Å². The van der Waals surface area contributed by atoms with Crippen molar-refractivity contribution < 1.29 is 23.8 Å². The predicted molar refractivity (Wildman–Crippen MR) is 126 cm³/mol. The molecule has 1 N–H and O–H groups in total. The number of ether oxygens (including phenoxy) is 3. The Kier molecular flexibility index (Phi) is 9.35.